The maximum Gasteiger partial charge on any atom is 0.123 e. The van der Waals surface area contributed by atoms with Gasteiger partial charge in [0.15, 0.2) is 0 Å². The zero-order valence-corrected chi connectivity index (χ0v) is 11.7. The highest BCUT2D eigenvalue weighted by atomic mass is 16.5. The predicted octanol–water partition coefficient (Wildman–Crippen LogP) is 3.93. The molecule has 0 fully saturated rings. The Morgan fingerprint density at radius 2 is 1.82 bits per heavy atom. The molecular weight excluding hydrogens is 210 g/mol. The monoisotopic (exact) mass is 235 g/mol. The van der Waals surface area contributed by atoms with E-state index in [0.29, 0.717) is 12.5 Å². The summed E-state index contributed by atoms with van der Waals surface area (Å²) in [4.78, 5) is 0. The second-order valence-electron chi connectivity index (χ2n) is 4.85. The van der Waals surface area contributed by atoms with E-state index in [0.717, 1.165) is 12.2 Å². The number of benzene rings is 1. The molecule has 0 aliphatic rings. The third-order valence-electron chi connectivity index (χ3n) is 3.16. The minimum atomic E-state index is 0.128. The van der Waals surface area contributed by atoms with E-state index in [1.807, 2.05) is 6.92 Å². The Morgan fingerprint density at radius 3 is 2.29 bits per heavy atom. The minimum Gasteiger partial charge on any atom is -0.494 e. The third kappa shape index (κ3) is 3.22. The van der Waals surface area contributed by atoms with Crippen molar-refractivity contribution in [3.63, 3.8) is 0 Å². The van der Waals surface area contributed by atoms with Crippen LogP contribution in [0.1, 0.15) is 62.8 Å². The van der Waals surface area contributed by atoms with Crippen molar-refractivity contribution in [3.05, 3.63) is 28.8 Å². The van der Waals surface area contributed by atoms with Gasteiger partial charge in [-0.05, 0) is 48.9 Å². The molecule has 1 aromatic rings. The maximum absolute atomic E-state index is 6.15. The molecule has 0 saturated carbocycles. The van der Waals surface area contributed by atoms with E-state index in [1.165, 1.54) is 16.7 Å². The molecule has 0 spiro atoms. The number of hydrogen-bond acceptors (Lipinski definition) is 2. The van der Waals surface area contributed by atoms with Crippen molar-refractivity contribution in [2.24, 2.45) is 5.73 Å². The van der Waals surface area contributed by atoms with Crippen molar-refractivity contribution < 1.29 is 4.74 Å². The molecule has 1 atom stereocenters. The molecule has 0 aliphatic carbocycles. The van der Waals surface area contributed by atoms with Gasteiger partial charge in [-0.1, -0.05) is 26.8 Å². The first-order valence-electron chi connectivity index (χ1n) is 6.54. The average Bonchev–Trinajstić information content (AvgIpc) is 2.28. The van der Waals surface area contributed by atoms with Crippen LogP contribution >= 0.6 is 0 Å². The fourth-order valence-electron chi connectivity index (χ4n) is 2.07. The summed E-state index contributed by atoms with van der Waals surface area (Å²) in [6, 6.07) is 4.48. The first kappa shape index (κ1) is 14.0. The van der Waals surface area contributed by atoms with Crippen LogP contribution in [0.2, 0.25) is 0 Å². The van der Waals surface area contributed by atoms with E-state index in [4.69, 9.17) is 10.5 Å². The fourth-order valence-corrected chi connectivity index (χ4v) is 2.07. The van der Waals surface area contributed by atoms with Gasteiger partial charge >= 0.3 is 0 Å². The van der Waals surface area contributed by atoms with Gasteiger partial charge in [0, 0.05) is 6.04 Å². The van der Waals surface area contributed by atoms with Crippen LogP contribution in [0.15, 0.2) is 12.1 Å². The van der Waals surface area contributed by atoms with Crippen LogP contribution in [0.25, 0.3) is 0 Å². The Morgan fingerprint density at radius 1 is 1.18 bits per heavy atom. The average molecular weight is 235 g/mol. The van der Waals surface area contributed by atoms with Crippen molar-refractivity contribution >= 4 is 0 Å². The van der Waals surface area contributed by atoms with E-state index in [9.17, 15) is 0 Å². The van der Waals surface area contributed by atoms with Gasteiger partial charge in [-0.25, -0.2) is 0 Å². The summed E-state index contributed by atoms with van der Waals surface area (Å²) >= 11 is 0. The highest BCUT2D eigenvalue weighted by molar-refractivity contribution is 5.45. The van der Waals surface area contributed by atoms with Crippen LogP contribution < -0.4 is 10.5 Å². The lowest BCUT2D eigenvalue weighted by Crippen LogP contribution is -2.12. The first-order valence-corrected chi connectivity index (χ1v) is 6.54. The van der Waals surface area contributed by atoms with Crippen molar-refractivity contribution in [3.8, 4) is 5.75 Å². The van der Waals surface area contributed by atoms with Crippen LogP contribution in [0.4, 0.5) is 0 Å². The summed E-state index contributed by atoms with van der Waals surface area (Å²) in [6.45, 7) is 11.3. The standard InChI is InChI=1S/C15H25NO/c1-6-14(16)13-9-12(10(3)4)15(17-7-2)8-11(13)5/h8-10,14H,6-7,16H2,1-5H3. The summed E-state index contributed by atoms with van der Waals surface area (Å²) in [5.74, 6) is 1.46. The largest absolute Gasteiger partial charge is 0.494 e. The Balaban J connectivity index is 3.24. The first-order chi connectivity index (χ1) is 8.01. The van der Waals surface area contributed by atoms with E-state index >= 15 is 0 Å². The van der Waals surface area contributed by atoms with E-state index < -0.39 is 0 Å². The fraction of sp³-hybridized carbons (Fsp3) is 0.600. The lowest BCUT2D eigenvalue weighted by atomic mass is 9.92. The summed E-state index contributed by atoms with van der Waals surface area (Å²) in [7, 11) is 0. The van der Waals surface area contributed by atoms with Crippen LogP contribution in [0.5, 0.6) is 5.75 Å². The maximum atomic E-state index is 6.15. The van der Waals surface area contributed by atoms with E-state index in [2.05, 4.69) is 39.8 Å². The molecule has 0 amide bonds. The molecule has 1 rings (SSSR count). The SMILES string of the molecule is CCOc1cc(C)c(C(N)CC)cc1C(C)C. The van der Waals surface area contributed by atoms with Gasteiger partial charge in [-0.2, -0.15) is 0 Å². The van der Waals surface area contributed by atoms with Gasteiger partial charge in [0.25, 0.3) is 0 Å². The third-order valence-corrected chi connectivity index (χ3v) is 3.16. The Hall–Kier alpha value is -1.02. The van der Waals surface area contributed by atoms with E-state index in [-0.39, 0.29) is 6.04 Å². The molecule has 2 heteroatoms. The molecule has 0 aliphatic heterocycles. The van der Waals surface area contributed by atoms with Crippen molar-refractivity contribution in [1.82, 2.24) is 0 Å². The molecule has 0 heterocycles. The van der Waals surface area contributed by atoms with Crippen molar-refractivity contribution in [2.45, 2.75) is 53.0 Å². The molecule has 0 radical (unpaired) electrons. The molecule has 2 N–H and O–H groups in total. The second-order valence-corrected chi connectivity index (χ2v) is 4.85. The summed E-state index contributed by atoms with van der Waals surface area (Å²) in [5.41, 5.74) is 9.89. The van der Waals surface area contributed by atoms with Crippen LogP contribution in [-0.4, -0.2) is 6.61 Å². The minimum absolute atomic E-state index is 0.128. The number of aryl methyl sites for hydroxylation is 1. The van der Waals surface area contributed by atoms with Gasteiger partial charge in [-0.3, -0.25) is 0 Å². The van der Waals surface area contributed by atoms with Gasteiger partial charge in [0.05, 0.1) is 6.61 Å². The predicted molar refractivity (Wildman–Crippen MR) is 73.7 cm³/mol. The van der Waals surface area contributed by atoms with Crippen LogP contribution in [0, 0.1) is 6.92 Å². The normalized spacial score (nSPS) is 12.9. The van der Waals surface area contributed by atoms with E-state index in [1.54, 1.807) is 0 Å². The summed E-state index contributed by atoms with van der Waals surface area (Å²) in [5, 5.41) is 0. The zero-order chi connectivity index (χ0) is 13.0. The second kappa shape index (κ2) is 6.06. The van der Waals surface area contributed by atoms with Crippen LogP contribution in [-0.2, 0) is 0 Å². The molecule has 0 aromatic heterocycles. The molecule has 1 unspecified atom stereocenters. The van der Waals surface area contributed by atoms with Crippen molar-refractivity contribution in [2.75, 3.05) is 6.61 Å². The Bertz CT molecular complexity index is 371. The van der Waals surface area contributed by atoms with Gasteiger partial charge in [-0.15, -0.1) is 0 Å². The molecule has 96 valence electrons. The molecule has 1 aromatic carbocycles. The molecule has 2 nitrogen and oxygen atoms in total. The lowest BCUT2D eigenvalue weighted by Gasteiger charge is -2.19. The smallest absolute Gasteiger partial charge is 0.123 e. The molecular formula is C15H25NO. The van der Waals surface area contributed by atoms with Crippen molar-refractivity contribution in [1.29, 1.82) is 0 Å². The highest BCUT2D eigenvalue weighted by Gasteiger charge is 2.14. The molecule has 0 saturated heterocycles. The van der Waals surface area contributed by atoms with Gasteiger partial charge < -0.3 is 10.5 Å². The van der Waals surface area contributed by atoms with Gasteiger partial charge in [0.2, 0.25) is 0 Å². The summed E-state index contributed by atoms with van der Waals surface area (Å²) < 4.78 is 5.71. The van der Waals surface area contributed by atoms with Crippen LogP contribution in [0.3, 0.4) is 0 Å². The molecule has 17 heavy (non-hydrogen) atoms. The van der Waals surface area contributed by atoms with Gasteiger partial charge in [0.1, 0.15) is 5.75 Å². The Kier molecular flexibility index (Phi) is 5.01. The lowest BCUT2D eigenvalue weighted by molar-refractivity contribution is 0.334. The Labute approximate surface area is 105 Å². The quantitative estimate of drug-likeness (QED) is 0.839. The zero-order valence-electron chi connectivity index (χ0n) is 11.7. The number of hydrogen-bond donors (Lipinski definition) is 1. The molecule has 0 bridgehead atoms. The number of rotatable bonds is 5. The topological polar surface area (TPSA) is 35.2 Å². The highest BCUT2D eigenvalue weighted by Crippen LogP contribution is 2.32. The summed E-state index contributed by atoms with van der Waals surface area (Å²) in [6.07, 6.45) is 0.965. The number of nitrogens with two attached hydrogens (primary N) is 1. The number of ether oxygens (including phenoxy) is 1.